The Bertz CT molecular complexity index is 460. The summed E-state index contributed by atoms with van der Waals surface area (Å²) in [6, 6.07) is 4.34. The third-order valence-corrected chi connectivity index (χ3v) is 5.07. The third kappa shape index (κ3) is 4.62. The fourth-order valence-corrected chi connectivity index (χ4v) is 4.08. The van der Waals surface area contributed by atoms with Crippen LogP contribution in [0.15, 0.2) is 12.1 Å². The van der Waals surface area contributed by atoms with Gasteiger partial charge in [0.15, 0.2) is 0 Å². The summed E-state index contributed by atoms with van der Waals surface area (Å²) < 4.78 is 0. The van der Waals surface area contributed by atoms with E-state index < -0.39 is 0 Å². The lowest BCUT2D eigenvalue weighted by atomic mass is 9.90. The molecule has 2 aliphatic rings. The molecule has 0 amide bonds. The normalized spacial score (nSPS) is 21.0. The first-order valence-electron chi connectivity index (χ1n) is 7.52. The van der Waals surface area contributed by atoms with E-state index in [-0.39, 0.29) is 24.8 Å². The minimum atomic E-state index is 0. The topological polar surface area (TPSA) is 28.2 Å². The summed E-state index contributed by atoms with van der Waals surface area (Å²) >= 11 is 12.3. The molecule has 0 unspecified atom stereocenters. The largest absolute Gasteiger partial charge is 0.314 e. The monoisotopic (exact) mass is 385 g/mol. The third-order valence-electron chi connectivity index (χ3n) is 4.55. The van der Waals surface area contributed by atoms with Crippen molar-refractivity contribution in [2.75, 3.05) is 26.2 Å². The highest BCUT2D eigenvalue weighted by Gasteiger charge is 2.33. The molecule has 126 valence electrons. The molecular weight excluding hydrogens is 364 g/mol. The van der Waals surface area contributed by atoms with Gasteiger partial charge in [0.2, 0.25) is 0 Å². The van der Waals surface area contributed by atoms with Crippen LogP contribution in [0, 0.1) is 5.92 Å². The van der Waals surface area contributed by atoms with Crippen LogP contribution in [0.4, 0.5) is 0 Å². The van der Waals surface area contributed by atoms with Crippen molar-refractivity contribution in [1.82, 2.24) is 15.2 Å². The van der Waals surface area contributed by atoms with E-state index in [1.54, 1.807) is 0 Å². The Balaban J connectivity index is 0.00000121. The number of pyridine rings is 1. The van der Waals surface area contributed by atoms with Crippen molar-refractivity contribution in [3.05, 3.63) is 28.0 Å². The molecule has 0 radical (unpaired) electrons. The lowest BCUT2D eigenvalue weighted by Crippen LogP contribution is -2.46. The van der Waals surface area contributed by atoms with Crippen molar-refractivity contribution in [3.63, 3.8) is 0 Å². The van der Waals surface area contributed by atoms with Gasteiger partial charge in [-0.05, 0) is 24.8 Å². The zero-order valence-corrected chi connectivity index (χ0v) is 15.6. The summed E-state index contributed by atoms with van der Waals surface area (Å²) in [5.41, 5.74) is 1.16. The number of rotatable bonds is 3. The van der Waals surface area contributed by atoms with Gasteiger partial charge in [-0.3, -0.25) is 4.90 Å². The van der Waals surface area contributed by atoms with E-state index in [0.29, 0.717) is 22.3 Å². The maximum absolute atomic E-state index is 6.38. The summed E-state index contributed by atoms with van der Waals surface area (Å²) in [4.78, 5) is 6.82. The molecule has 1 saturated carbocycles. The predicted octanol–water partition coefficient (Wildman–Crippen LogP) is 4.37. The fraction of sp³-hybridized carbons (Fsp3) is 0.667. The molecule has 1 atom stereocenters. The van der Waals surface area contributed by atoms with Crippen LogP contribution in [0.3, 0.4) is 0 Å². The van der Waals surface area contributed by atoms with E-state index in [0.717, 1.165) is 31.7 Å². The van der Waals surface area contributed by atoms with E-state index in [2.05, 4.69) is 21.3 Å². The van der Waals surface area contributed by atoms with Gasteiger partial charge in [-0.1, -0.05) is 42.1 Å². The molecule has 3 rings (SSSR count). The minimum Gasteiger partial charge on any atom is -0.314 e. The maximum atomic E-state index is 6.38. The van der Waals surface area contributed by atoms with Gasteiger partial charge in [-0.15, -0.1) is 24.8 Å². The van der Waals surface area contributed by atoms with Gasteiger partial charge in [0.05, 0.1) is 0 Å². The highest BCUT2D eigenvalue weighted by Crippen LogP contribution is 2.41. The lowest BCUT2D eigenvalue weighted by Gasteiger charge is -2.38. The molecule has 2 heterocycles. The molecule has 1 saturated heterocycles. The second kappa shape index (κ2) is 9.51. The summed E-state index contributed by atoms with van der Waals surface area (Å²) in [5.74, 6) is 0.702. The summed E-state index contributed by atoms with van der Waals surface area (Å²) in [6.45, 7) is 4.28. The smallest absolute Gasteiger partial charge is 0.135 e. The summed E-state index contributed by atoms with van der Waals surface area (Å²) in [5, 5.41) is 4.48. The number of nitrogens with one attached hydrogen (secondary N) is 1. The highest BCUT2D eigenvalue weighted by atomic mass is 35.5. The molecule has 0 spiro atoms. The van der Waals surface area contributed by atoms with Gasteiger partial charge in [0.25, 0.3) is 0 Å². The first-order valence-corrected chi connectivity index (χ1v) is 8.28. The van der Waals surface area contributed by atoms with Crippen molar-refractivity contribution >= 4 is 48.0 Å². The molecule has 3 nitrogen and oxygen atoms in total. The van der Waals surface area contributed by atoms with Gasteiger partial charge >= 0.3 is 0 Å². The second-order valence-corrected chi connectivity index (χ2v) is 6.53. The van der Waals surface area contributed by atoms with Crippen LogP contribution in [0.25, 0.3) is 0 Å². The molecule has 1 aromatic heterocycles. The Morgan fingerprint density at radius 2 is 1.73 bits per heavy atom. The van der Waals surface area contributed by atoms with Crippen molar-refractivity contribution < 1.29 is 0 Å². The summed E-state index contributed by atoms with van der Waals surface area (Å²) in [7, 11) is 0. The Kier molecular flexibility index (Phi) is 8.76. The zero-order chi connectivity index (χ0) is 13.9. The number of aromatic nitrogens is 1. The van der Waals surface area contributed by atoms with Gasteiger partial charge in [0, 0.05) is 37.8 Å². The van der Waals surface area contributed by atoms with Crippen molar-refractivity contribution in [3.8, 4) is 0 Å². The molecule has 22 heavy (non-hydrogen) atoms. The maximum Gasteiger partial charge on any atom is 0.135 e. The SMILES string of the molecule is Cl.Cl.Clc1ccc([C@H](C2CCCC2)N2CCNCC2)c(Cl)n1. The summed E-state index contributed by atoms with van der Waals surface area (Å²) in [6.07, 6.45) is 5.28. The molecule has 1 aliphatic carbocycles. The molecule has 7 heteroatoms. The minimum absolute atomic E-state index is 0. The van der Waals surface area contributed by atoms with Crippen LogP contribution >= 0.6 is 48.0 Å². The van der Waals surface area contributed by atoms with Crippen LogP contribution in [-0.4, -0.2) is 36.1 Å². The quantitative estimate of drug-likeness (QED) is 0.781. The highest BCUT2D eigenvalue weighted by molar-refractivity contribution is 6.32. The first-order chi connectivity index (χ1) is 9.75. The van der Waals surface area contributed by atoms with E-state index in [9.17, 15) is 0 Å². The molecule has 1 N–H and O–H groups in total. The number of hydrogen-bond donors (Lipinski definition) is 1. The van der Waals surface area contributed by atoms with Crippen molar-refractivity contribution in [2.45, 2.75) is 31.7 Å². The second-order valence-electron chi connectivity index (χ2n) is 5.79. The standard InChI is InChI=1S/C15H21Cl2N3.2ClH/c16-13-6-5-12(15(17)19-13)14(11-3-1-2-4-11)20-9-7-18-8-10-20;;/h5-6,11,14,18H,1-4,7-10H2;2*1H/t14-;;/m0../s1. The van der Waals surface area contributed by atoms with Crippen LogP contribution < -0.4 is 5.32 Å². The Morgan fingerprint density at radius 1 is 1.09 bits per heavy atom. The first kappa shape index (κ1) is 20.3. The van der Waals surface area contributed by atoms with Crippen molar-refractivity contribution in [2.24, 2.45) is 5.92 Å². The number of halogens is 4. The van der Waals surface area contributed by atoms with Gasteiger partial charge in [-0.2, -0.15) is 0 Å². The number of piperazine rings is 1. The lowest BCUT2D eigenvalue weighted by molar-refractivity contribution is 0.125. The van der Waals surface area contributed by atoms with Crippen LogP contribution in [0.1, 0.15) is 37.3 Å². The molecular formula is C15H23Cl4N3. The van der Waals surface area contributed by atoms with E-state index in [1.165, 1.54) is 25.7 Å². The molecule has 2 fully saturated rings. The van der Waals surface area contributed by atoms with Gasteiger partial charge in [0.1, 0.15) is 10.3 Å². The Morgan fingerprint density at radius 3 is 2.32 bits per heavy atom. The van der Waals surface area contributed by atoms with E-state index >= 15 is 0 Å². The van der Waals surface area contributed by atoms with Crippen LogP contribution in [0.2, 0.25) is 10.3 Å². The number of nitrogens with zero attached hydrogens (tertiary/aromatic N) is 2. The van der Waals surface area contributed by atoms with E-state index in [1.807, 2.05) is 6.07 Å². The number of hydrogen-bond acceptors (Lipinski definition) is 3. The van der Waals surface area contributed by atoms with Crippen molar-refractivity contribution in [1.29, 1.82) is 0 Å². The van der Waals surface area contributed by atoms with Gasteiger partial charge < -0.3 is 5.32 Å². The average Bonchev–Trinajstić information content (AvgIpc) is 2.97. The van der Waals surface area contributed by atoms with Crippen LogP contribution in [0.5, 0.6) is 0 Å². The molecule has 1 aliphatic heterocycles. The molecule has 1 aromatic rings. The van der Waals surface area contributed by atoms with E-state index in [4.69, 9.17) is 23.2 Å². The zero-order valence-electron chi connectivity index (χ0n) is 12.4. The van der Waals surface area contributed by atoms with Gasteiger partial charge in [-0.25, -0.2) is 4.98 Å². The average molecular weight is 387 g/mol. The predicted molar refractivity (Wildman–Crippen MR) is 97.9 cm³/mol. The van der Waals surface area contributed by atoms with Crippen LogP contribution in [-0.2, 0) is 0 Å². The fourth-order valence-electron chi connectivity index (χ4n) is 3.63. The molecule has 0 aromatic carbocycles. The Labute approximate surface area is 155 Å². The Hall–Kier alpha value is 0.230. The molecule has 0 bridgehead atoms.